The van der Waals surface area contributed by atoms with E-state index < -0.39 is 5.91 Å². The Balaban J connectivity index is 2.04. The van der Waals surface area contributed by atoms with Crippen molar-refractivity contribution in [2.24, 2.45) is 11.5 Å². The number of benzene rings is 1. The lowest BCUT2D eigenvalue weighted by Crippen LogP contribution is -2.14. The smallest absolute Gasteiger partial charge is 0.277 e. The second-order valence-electron chi connectivity index (χ2n) is 4.05. The van der Waals surface area contributed by atoms with Gasteiger partial charge < -0.3 is 16.8 Å². The number of carbonyl (C=O) groups excluding carboxylic acids is 2. The van der Waals surface area contributed by atoms with E-state index in [4.69, 9.17) is 11.5 Å². The molecule has 1 aromatic heterocycles. The van der Waals surface area contributed by atoms with Crippen LogP contribution in [-0.2, 0) is 6.54 Å². The summed E-state index contributed by atoms with van der Waals surface area (Å²) in [6.07, 6.45) is 1.51. The van der Waals surface area contributed by atoms with Gasteiger partial charge in [-0.1, -0.05) is 5.21 Å². The van der Waals surface area contributed by atoms with Crippen molar-refractivity contribution in [1.82, 2.24) is 15.0 Å². The summed E-state index contributed by atoms with van der Waals surface area (Å²) in [5, 5.41) is 10.2. The van der Waals surface area contributed by atoms with Crippen molar-refractivity contribution >= 4 is 17.5 Å². The van der Waals surface area contributed by atoms with Crippen LogP contribution in [0.1, 0.15) is 20.8 Å². The fraction of sp³-hybridized carbons (Fsp3) is 0.167. The van der Waals surface area contributed by atoms with Gasteiger partial charge in [0.1, 0.15) is 0 Å². The van der Waals surface area contributed by atoms with Gasteiger partial charge in [-0.2, -0.15) is 0 Å². The van der Waals surface area contributed by atoms with Crippen molar-refractivity contribution in [2.75, 3.05) is 11.9 Å². The Labute approximate surface area is 114 Å². The number of nitrogens with one attached hydrogen (secondary N) is 1. The highest BCUT2D eigenvalue weighted by molar-refractivity contribution is 6.03. The molecule has 0 fully saturated rings. The molecule has 0 aliphatic carbocycles. The molecule has 2 aromatic rings. The molecular formula is C12H14N6O2. The van der Waals surface area contributed by atoms with Crippen molar-refractivity contribution in [3.8, 4) is 0 Å². The molecule has 0 saturated carbocycles. The summed E-state index contributed by atoms with van der Waals surface area (Å²) in [5.74, 6) is -0.910. The summed E-state index contributed by atoms with van der Waals surface area (Å²) in [7, 11) is 0. The number of hydrogen-bond acceptors (Lipinski definition) is 5. The number of amides is 2. The van der Waals surface area contributed by atoms with Gasteiger partial charge in [0.2, 0.25) is 5.91 Å². The number of rotatable bonds is 5. The minimum atomic E-state index is -0.521. The Kier molecular flexibility index (Phi) is 4.06. The van der Waals surface area contributed by atoms with E-state index in [2.05, 4.69) is 15.6 Å². The Morgan fingerprint density at radius 1 is 1.25 bits per heavy atom. The van der Waals surface area contributed by atoms with Crippen molar-refractivity contribution in [3.05, 3.63) is 41.7 Å². The second-order valence-corrected chi connectivity index (χ2v) is 4.05. The first-order valence-electron chi connectivity index (χ1n) is 5.91. The number of hydrogen-bond donors (Lipinski definition) is 3. The third kappa shape index (κ3) is 3.18. The molecule has 1 heterocycles. The fourth-order valence-corrected chi connectivity index (χ4v) is 1.56. The van der Waals surface area contributed by atoms with Gasteiger partial charge >= 0.3 is 0 Å². The average Bonchev–Trinajstić information content (AvgIpc) is 2.88. The Morgan fingerprint density at radius 3 is 2.55 bits per heavy atom. The van der Waals surface area contributed by atoms with Crippen LogP contribution in [0, 0.1) is 0 Å². The standard InChI is InChI=1S/C12H14N6O2/c13-5-6-18-7-10(16-17-18)12(20)15-9-3-1-8(2-4-9)11(14)19/h1-4,7H,5-6,13H2,(H2,14,19)(H,15,20). The van der Waals surface area contributed by atoms with Gasteiger partial charge in [0.25, 0.3) is 5.91 Å². The number of primary amides is 1. The summed E-state index contributed by atoms with van der Waals surface area (Å²) in [6, 6.07) is 6.23. The van der Waals surface area contributed by atoms with Crippen LogP contribution in [-0.4, -0.2) is 33.4 Å². The van der Waals surface area contributed by atoms with Crippen molar-refractivity contribution in [2.45, 2.75) is 6.54 Å². The van der Waals surface area contributed by atoms with Crippen LogP contribution >= 0.6 is 0 Å². The molecule has 2 amide bonds. The van der Waals surface area contributed by atoms with Gasteiger partial charge in [-0.3, -0.25) is 14.3 Å². The maximum Gasteiger partial charge on any atom is 0.277 e. The minimum absolute atomic E-state index is 0.192. The molecule has 0 radical (unpaired) electrons. The summed E-state index contributed by atoms with van der Waals surface area (Å²) in [5.41, 5.74) is 11.6. The lowest BCUT2D eigenvalue weighted by molar-refractivity contribution is 0.0998. The number of nitrogens with zero attached hydrogens (tertiary/aromatic N) is 3. The van der Waals surface area contributed by atoms with Crippen molar-refractivity contribution in [1.29, 1.82) is 0 Å². The zero-order valence-electron chi connectivity index (χ0n) is 10.6. The van der Waals surface area contributed by atoms with E-state index >= 15 is 0 Å². The predicted molar refractivity (Wildman–Crippen MR) is 72.0 cm³/mol. The zero-order valence-corrected chi connectivity index (χ0v) is 10.6. The molecule has 0 bridgehead atoms. The van der Waals surface area contributed by atoms with E-state index in [1.165, 1.54) is 23.0 Å². The quantitative estimate of drug-likeness (QED) is 0.682. The molecule has 0 aliphatic rings. The maximum atomic E-state index is 11.9. The van der Waals surface area contributed by atoms with Gasteiger partial charge in [-0.15, -0.1) is 5.10 Å². The molecule has 0 aliphatic heterocycles. The molecule has 104 valence electrons. The molecule has 0 saturated heterocycles. The van der Waals surface area contributed by atoms with Crippen LogP contribution in [0.3, 0.4) is 0 Å². The van der Waals surface area contributed by atoms with Gasteiger partial charge in [0, 0.05) is 17.8 Å². The van der Waals surface area contributed by atoms with E-state index in [0.717, 1.165) is 0 Å². The monoisotopic (exact) mass is 274 g/mol. The van der Waals surface area contributed by atoms with Gasteiger partial charge in [-0.05, 0) is 24.3 Å². The van der Waals surface area contributed by atoms with Gasteiger partial charge in [0.05, 0.1) is 12.7 Å². The fourth-order valence-electron chi connectivity index (χ4n) is 1.56. The zero-order chi connectivity index (χ0) is 14.5. The second kappa shape index (κ2) is 5.93. The molecule has 1 aromatic carbocycles. The maximum absolute atomic E-state index is 11.9. The summed E-state index contributed by atoms with van der Waals surface area (Å²) in [6.45, 7) is 0.909. The molecule has 20 heavy (non-hydrogen) atoms. The summed E-state index contributed by atoms with van der Waals surface area (Å²) in [4.78, 5) is 22.8. The van der Waals surface area contributed by atoms with Crippen LogP contribution in [0.4, 0.5) is 5.69 Å². The van der Waals surface area contributed by atoms with E-state index in [-0.39, 0.29) is 11.6 Å². The SMILES string of the molecule is NCCn1cc(C(=O)Nc2ccc(C(N)=O)cc2)nn1. The number of anilines is 1. The molecule has 5 N–H and O–H groups in total. The molecule has 2 rings (SSSR count). The first kappa shape index (κ1) is 13.7. The normalized spacial score (nSPS) is 10.2. The molecular weight excluding hydrogens is 260 g/mol. The Hall–Kier alpha value is -2.74. The van der Waals surface area contributed by atoms with Crippen molar-refractivity contribution < 1.29 is 9.59 Å². The van der Waals surface area contributed by atoms with E-state index in [1.807, 2.05) is 0 Å². The topological polar surface area (TPSA) is 129 Å². The Morgan fingerprint density at radius 2 is 1.95 bits per heavy atom. The molecule has 8 nitrogen and oxygen atoms in total. The largest absolute Gasteiger partial charge is 0.366 e. The van der Waals surface area contributed by atoms with E-state index in [1.54, 1.807) is 12.1 Å². The van der Waals surface area contributed by atoms with Crippen molar-refractivity contribution in [3.63, 3.8) is 0 Å². The lowest BCUT2D eigenvalue weighted by Gasteiger charge is -2.03. The summed E-state index contributed by atoms with van der Waals surface area (Å²) < 4.78 is 1.49. The minimum Gasteiger partial charge on any atom is -0.366 e. The molecule has 0 spiro atoms. The number of carbonyl (C=O) groups is 2. The van der Waals surface area contributed by atoms with Gasteiger partial charge in [0.15, 0.2) is 5.69 Å². The van der Waals surface area contributed by atoms with E-state index in [9.17, 15) is 9.59 Å². The lowest BCUT2D eigenvalue weighted by atomic mass is 10.2. The number of aromatic nitrogens is 3. The Bertz CT molecular complexity index is 619. The van der Waals surface area contributed by atoms with E-state index in [0.29, 0.717) is 24.3 Å². The third-order valence-electron chi connectivity index (χ3n) is 2.56. The first-order valence-corrected chi connectivity index (χ1v) is 5.91. The summed E-state index contributed by atoms with van der Waals surface area (Å²) >= 11 is 0. The third-order valence-corrected chi connectivity index (χ3v) is 2.56. The van der Waals surface area contributed by atoms with Crippen LogP contribution in [0.2, 0.25) is 0 Å². The molecule has 8 heteroatoms. The number of nitrogens with two attached hydrogens (primary N) is 2. The predicted octanol–water partition coefficient (Wildman–Crippen LogP) is -0.412. The van der Waals surface area contributed by atoms with Gasteiger partial charge in [-0.25, -0.2) is 0 Å². The highest BCUT2D eigenvalue weighted by atomic mass is 16.2. The first-order chi connectivity index (χ1) is 9.60. The van der Waals surface area contributed by atoms with Crippen LogP contribution in [0.15, 0.2) is 30.5 Å². The van der Waals surface area contributed by atoms with Crippen LogP contribution in [0.5, 0.6) is 0 Å². The highest BCUT2D eigenvalue weighted by Crippen LogP contribution is 2.10. The van der Waals surface area contributed by atoms with Crippen LogP contribution < -0.4 is 16.8 Å². The molecule has 0 unspecified atom stereocenters. The van der Waals surface area contributed by atoms with Crippen LogP contribution in [0.25, 0.3) is 0 Å². The highest BCUT2D eigenvalue weighted by Gasteiger charge is 2.11. The molecule has 0 atom stereocenters. The average molecular weight is 274 g/mol.